The van der Waals surface area contributed by atoms with Crippen molar-refractivity contribution in [2.24, 2.45) is 0 Å². The number of nitrogens with one attached hydrogen (secondary N) is 1. The normalized spacial score (nSPS) is 11.6. The number of hydrogen-bond donors (Lipinski definition) is 1. The molecule has 0 aliphatic carbocycles. The number of aromatic nitrogens is 3. The monoisotopic (exact) mass is 336 g/mol. The van der Waals surface area contributed by atoms with E-state index in [1.165, 1.54) is 12.1 Å². The van der Waals surface area contributed by atoms with Crippen molar-refractivity contribution in [1.82, 2.24) is 20.4 Å². The molecule has 2 aromatic heterocycles. The van der Waals surface area contributed by atoms with Gasteiger partial charge in [-0.1, -0.05) is 30.0 Å². The minimum atomic E-state index is -0.305. The van der Waals surface area contributed by atoms with Crippen molar-refractivity contribution in [3.63, 3.8) is 0 Å². The molecule has 0 saturated heterocycles. The SMILES string of the molecule is CCC(NC)c1nc(-c2ccc(C#Cc3cccc(F)c3)cn2)no1. The van der Waals surface area contributed by atoms with E-state index in [0.29, 0.717) is 23.0 Å². The highest BCUT2D eigenvalue weighted by atomic mass is 19.1. The van der Waals surface area contributed by atoms with Gasteiger partial charge in [0, 0.05) is 17.3 Å². The maximum Gasteiger partial charge on any atom is 0.244 e. The van der Waals surface area contributed by atoms with E-state index < -0.39 is 0 Å². The first kappa shape index (κ1) is 16.8. The van der Waals surface area contributed by atoms with E-state index in [1.807, 2.05) is 20.0 Å². The number of benzene rings is 1. The molecule has 5 nitrogen and oxygen atoms in total. The Morgan fingerprint density at radius 1 is 1.20 bits per heavy atom. The summed E-state index contributed by atoms with van der Waals surface area (Å²) in [5, 5.41) is 7.09. The number of nitrogens with zero attached hydrogens (tertiary/aromatic N) is 3. The highest BCUT2D eigenvalue weighted by molar-refractivity contribution is 5.50. The fraction of sp³-hybridized carbons (Fsp3) is 0.211. The van der Waals surface area contributed by atoms with Crippen molar-refractivity contribution >= 4 is 0 Å². The molecule has 25 heavy (non-hydrogen) atoms. The molecule has 0 radical (unpaired) electrons. The summed E-state index contributed by atoms with van der Waals surface area (Å²) in [4.78, 5) is 8.70. The molecule has 126 valence electrons. The average Bonchev–Trinajstić information content (AvgIpc) is 3.11. The molecule has 0 amide bonds. The molecular weight excluding hydrogens is 319 g/mol. The molecule has 0 fully saturated rings. The quantitative estimate of drug-likeness (QED) is 0.740. The number of hydrogen-bond acceptors (Lipinski definition) is 5. The van der Waals surface area contributed by atoms with Crippen LogP contribution in [0.2, 0.25) is 0 Å². The summed E-state index contributed by atoms with van der Waals surface area (Å²) in [5.74, 6) is 6.53. The topological polar surface area (TPSA) is 63.8 Å². The Hall–Kier alpha value is -3.04. The maximum absolute atomic E-state index is 13.1. The molecule has 2 heterocycles. The van der Waals surface area contributed by atoms with Crippen LogP contribution in [0.1, 0.15) is 36.4 Å². The Balaban J connectivity index is 1.77. The molecule has 0 bridgehead atoms. The van der Waals surface area contributed by atoms with Crippen LogP contribution in [0.15, 0.2) is 47.1 Å². The van der Waals surface area contributed by atoms with Gasteiger partial charge in [0.05, 0.1) is 6.04 Å². The lowest BCUT2D eigenvalue weighted by molar-refractivity contribution is 0.334. The summed E-state index contributed by atoms with van der Waals surface area (Å²) in [5.41, 5.74) is 1.94. The van der Waals surface area contributed by atoms with Gasteiger partial charge in [0.25, 0.3) is 0 Å². The Bertz CT molecular complexity index is 905. The fourth-order valence-electron chi connectivity index (χ4n) is 2.29. The third kappa shape index (κ3) is 4.08. The lowest BCUT2D eigenvalue weighted by Gasteiger charge is -2.06. The third-order valence-corrected chi connectivity index (χ3v) is 3.66. The van der Waals surface area contributed by atoms with E-state index in [-0.39, 0.29) is 11.9 Å². The highest BCUT2D eigenvalue weighted by Gasteiger charge is 2.16. The number of rotatable bonds is 4. The first-order valence-electron chi connectivity index (χ1n) is 7.94. The van der Waals surface area contributed by atoms with Crippen molar-refractivity contribution in [3.05, 3.63) is 65.4 Å². The molecule has 6 heteroatoms. The molecule has 0 saturated carbocycles. The number of pyridine rings is 1. The van der Waals surface area contributed by atoms with Crippen molar-refractivity contribution < 1.29 is 8.91 Å². The molecule has 3 rings (SSSR count). The summed E-state index contributed by atoms with van der Waals surface area (Å²) in [6, 6.07) is 9.79. The van der Waals surface area contributed by atoms with Gasteiger partial charge >= 0.3 is 0 Å². The third-order valence-electron chi connectivity index (χ3n) is 3.66. The Morgan fingerprint density at radius 3 is 2.72 bits per heavy atom. The molecule has 1 unspecified atom stereocenters. The van der Waals surface area contributed by atoms with Crippen molar-refractivity contribution in [3.8, 4) is 23.4 Å². The van der Waals surface area contributed by atoms with Gasteiger partial charge in [-0.25, -0.2) is 4.39 Å². The van der Waals surface area contributed by atoms with Crippen molar-refractivity contribution in [2.75, 3.05) is 7.05 Å². The molecule has 0 aliphatic rings. The Labute approximate surface area is 145 Å². The molecule has 0 aliphatic heterocycles. The zero-order valence-corrected chi connectivity index (χ0v) is 14.0. The second kappa shape index (κ2) is 7.69. The van der Waals surface area contributed by atoms with Crippen LogP contribution in [0.3, 0.4) is 0 Å². The summed E-state index contributed by atoms with van der Waals surface area (Å²) in [7, 11) is 1.85. The van der Waals surface area contributed by atoms with E-state index in [1.54, 1.807) is 24.4 Å². The van der Waals surface area contributed by atoms with Gasteiger partial charge in [-0.05, 0) is 43.8 Å². The van der Waals surface area contributed by atoms with E-state index >= 15 is 0 Å². The van der Waals surface area contributed by atoms with Crippen LogP contribution in [0.5, 0.6) is 0 Å². The van der Waals surface area contributed by atoms with E-state index in [4.69, 9.17) is 4.52 Å². The number of halogens is 1. The zero-order valence-electron chi connectivity index (χ0n) is 14.0. The van der Waals surface area contributed by atoms with Crippen LogP contribution in [0.4, 0.5) is 4.39 Å². The molecule has 1 atom stereocenters. The van der Waals surface area contributed by atoms with Crippen LogP contribution >= 0.6 is 0 Å². The van der Waals surface area contributed by atoms with Crippen LogP contribution in [0.25, 0.3) is 11.5 Å². The van der Waals surface area contributed by atoms with Gasteiger partial charge < -0.3 is 9.84 Å². The van der Waals surface area contributed by atoms with Crippen LogP contribution in [-0.4, -0.2) is 22.2 Å². The van der Waals surface area contributed by atoms with Gasteiger partial charge in [-0.2, -0.15) is 4.98 Å². The van der Waals surface area contributed by atoms with Gasteiger partial charge in [0.15, 0.2) is 0 Å². The molecule has 1 aromatic carbocycles. The Kier molecular flexibility index (Phi) is 5.17. The van der Waals surface area contributed by atoms with Crippen molar-refractivity contribution in [2.45, 2.75) is 19.4 Å². The Morgan fingerprint density at radius 2 is 2.04 bits per heavy atom. The molecular formula is C19H17FN4O. The first-order chi connectivity index (χ1) is 12.2. The molecule has 1 N–H and O–H groups in total. The van der Waals surface area contributed by atoms with Gasteiger partial charge in [0.1, 0.15) is 11.5 Å². The fourth-order valence-corrected chi connectivity index (χ4v) is 2.29. The lowest BCUT2D eigenvalue weighted by Crippen LogP contribution is -2.15. The standard InChI is InChI=1S/C19H17FN4O/c1-3-16(21-2)19-23-18(24-25-19)17-10-9-14(12-22-17)8-7-13-5-4-6-15(20)11-13/h4-6,9-12,16,21H,3H2,1-2H3. The highest BCUT2D eigenvalue weighted by Crippen LogP contribution is 2.18. The first-order valence-corrected chi connectivity index (χ1v) is 7.94. The maximum atomic E-state index is 13.1. The zero-order chi connectivity index (χ0) is 17.6. The summed E-state index contributed by atoms with van der Waals surface area (Å²) >= 11 is 0. The second-order valence-corrected chi connectivity index (χ2v) is 5.40. The average molecular weight is 336 g/mol. The predicted octanol–water partition coefficient (Wildman–Crippen LogP) is 3.34. The molecule has 0 spiro atoms. The van der Waals surface area contributed by atoms with E-state index in [0.717, 1.165) is 12.0 Å². The minimum Gasteiger partial charge on any atom is -0.337 e. The van der Waals surface area contributed by atoms with Gasteiger partial charge in [-0.15, -0.1) is 0 Å². The smallest absolute Gasteiger partial charge is 0.244 e. The second-order valence-electron chi connectivity index (χ2n) is 5.40. The van der Waals surface area contributed by atoms with Crippen LogP contribution in [0, 0.1) is 17.7 Å². The van der Waals surface area contributed by atoms with Gasteiger partial charge in [0.2, 0.25) is 11.7 Å². The summed E-state index contributed by atoms with van der Waals surface area (Å²) in [6.45, 7) is 2.04. The summed E-state index contributed by atoms with van der Waals surface area (Å²) in [6.07, 6.45) is 2.48. The largest absolute Gasteiger partial charge is 0.337 e. The predicted molar refractivity (Wildman–Crippen MR) is 92.0 cm³/mol. The lowest BCUT2D eigenvalue weighted by atomic mass is 10.2. The molecule has 3 aromatic rings. The van der Waals surface area contributed by atoms with Crippen LogP contribution < -0.4 is 5.32 Å². The van der Waals surface area contributed by atoms with Crippen molar-refractivity contribution in [1.29, 1.82) is 0 Å². The summed E-state index contributed by atoms with van der Waals surface area (Å²) < 4.78 is 18.4. The van der Waals surface area contributed by atoms with E-state index in [2.05, 4.69) is 32.3 Å². The van der Waals surface area contributed by atoms with Gasteiger partial charge in [-0.3, -0.25) is 4.98 Å². The van der Waals surface area contributed by atoms with Crippen LogP contribution in [-0.2, 0) is 0 Å². The van der Waals surface area contributed by atoms with E-state index in [9.17, 15) is 4.39 Å². The minimum absolute atomic E-state index is 0.0256.